The molecule has 0 bridgehead atoms. The number of benzene rings is 2. The van der Waals surface area contributed by atoms with E-state index < -0.39 is 6.04 Å². The van der Waals surface area contributed by atoms with Crippen molar-refractivity contribution in [1.82, 2.24) is 0 Å². The number of rotatable bonds is 4. The minimum Gasteiger partial charge on any atom is -0.495 e. The highest BCUT2D eigenvalue weighted by molar-refractivity contribution is 6.42. The van der Waals surface area contributed by atoms with Crippen LogP contribution >= 0.6 is 23.2 Å². The fourth-order valence-corrected chi connectivity index (χ4v) is 2.11. The molecule has 0 fully saturated rings. The summed E-state index contributed by atoms with van der Waals surface area (Å²) in [6.45, 7) is 0. The largest absolute Gasteiger partial charge is 0.495 e. The molecule has 0 heterocycles. The molecule has 0 saturated heterocycles. The summed E-state index contributed by atoms with van der Waals surface area (Å²) in [4.78, 5) is 0. The Morgan fingerprint density at radius 3 is 2.55 bits per heavy atom. The Bertz CT molecular complexity index is 653. The lowest BCUT2D eigenvalue weighted by atomic mass is 10.1. The van der Waals surface area contributed by atoms with Crippen LogP contribution in [0.1, 0.15) is 11.6 Å². The highest BCUT2D eigenvalue weighted by Crippen LogP contribution is 2.30. The minimum absolute atomic E-state index is 0.422. The molecule has 2 rings (SSSR count). The van der Waals surface area contributed by atoms with Gasteiger partial charge in [0, 0.05) is 0 Å². The molecule has 1 N–H and O–H groups in total. The number of nitrogens with one attached hydrogen (secondary N) is 1. The van der Waals surface area contributed by atoms with Crippen LogP contribution in [0.15, 0.2) is 42.5 Å². The van der Waals surface area contributed by atoms with Crippen LogP contribution in [0.5, 0.6) is 5.75 Å². The predicted molar refractivity (Wildman–Crippen MR) is 81.4 cm³/mol. The Morgan fingerprint density at radius 1 is 1.15 bits per heavy atom. The van der Waals surface area contributed by atoms with Gasteiger partial charge in [-0.15, -0.1) is 0 Å². The van der Waals surface area contributed by atoms with Crippen molar-refractivity contribution in [3.05, 3.63) is 58.1 Å². The van der Waals surface area contributed by atoms with Crippen molar-refractivity contribution in [2.45, 2.75) is 6.04 Å². The van der Waals surface area contributed by atoms with E-state index in [1.54, 1.807) is 25.3 Å². The maximum atomic E-state index is 9.34. The quantitative estimate of drug-likeness (QED) is 0.892. The van der Waals surface area contributed by atoms with Gasteiger partial charge < -0.3 is 10.1 Å². The number of nitrogens with zero attached hydrogens (tertiary/aromatic N) is 1. The average Bonchev–Trinajstić information content (AvgIpc) is 2.48. The molecule has 0 amide bonds. The van der Waals surface area contributed by atoms with Gasteiger partial charge in [-0.1, -0.05) is 41.4 Å². The van der Waals surface area contributed by atoms with Crippen molar-refractivity contribution in [2.75, 3.05) is 12.4 Å². The maximum Gasteiger partial charge on any atom is 0.141 e. The highest BCUT2D eigenvalue weighted by atomic mass is 35.5. The van der Waals surface area contributed by atoms with E-state index in [1.807, 2.05) is 24.3 Å². The molecule has 2 aromatic carbocycles. The van der Waals surface area contributed by atoms with Crippen LogP contribution in [0.25, 0.3) is 0 Å². The number of hydrogen-bond acceptors (Lipinski definition) is 3. The number of hydrogen-bond donors (Lipinski definition) is 1. The standard InChI is InChI=1S/C15H12Cl2N2O/c1-20-15-5-3-2-4-13(15)19-14(9-18)10-6-7-11(16)12(17)8-10/h2-8,14,19H,1H3. The summed E-state index contributed by atoms with van der Waals surface area (Å²) in [5.41, 5.74) is 1.49. The Hall–Kier alpha value is -1.89. The zero-order chi connectivity index (χ0) is 14.5. The highest BCUT2D eigenvalue weighted by Gasteiger charge is 2.13. The zero-order valence-electron chi connectivity index (χ0n) is 10.7. The summed E-state index contributed by atoms with van der Waals surface area (Å²) in [5, 5.41) is 13.3. The molecule has 20 heavy (non-hydrogen) atoms. The van der Waals surface area contributed by atoms with Crippen molar-refractivity contribution in [3.63, 3.8) is 0 Å². The van der Waals surface area contributed by atoms with Gasteiger partial charge >= 0.3 is 0 Å². The molecule has 0 radical (unpaired) electrons. The number of nitriles is 1. The van der Waals surface area contributed by atoms with Crippen molar-refractivity contribution < 1.29 is 4.74 Å². The van der Waals surface area contributed by atoms with Gasteiger partial charge in [0.05, 0.1) is 28.9 Å². The lowest BCUT2D eigenvalue weighted by Crippen LogP contribution is -2.09. The second-order valence-electron chi connectivity index (χ2n) is 4.08. The first kappa shape index (κ1) is 14.5. The summed E-state index contributed by atoms with van der Waals surface area (Å²) >= 11 is 11.9. The van der Waals surface area contributed by atoms with E-state index in [0.29, 0.717) is 15.8 Å². The number of methoxy groups -OCH3 is 1. The maximum absolute atomic E-state index is 9.34. The lowest BCUT2D eigenvalue weighted by molar-refractivity contribution is 0.416. The Balaban J connectivity index is 2.29. The van der Waals surface area contributed by atoms with Gasteiger partial charge in [-0.2, -0.15) is 5.26 Å². The van der Waals surface area contributed by atoms with Gasteiger partial charge in [0.25, 0.3) is 0 Å². The zero-order valence-corrected chi connectivity index (χ0v) is 12.2. The molecule has 0 aliphatic heterocycles. The Labute approximate surface area is 127 Å². The fraction of sp³-hybridized carbons (Fsp3) is 0.133. The van der Waals surface area contributed by atoms with Gasteiger partial charge in [0.2, 0.25) is 0 Å². The molecule has 0 spiro atoms. The Morgan fingerprint density at radius 2 is 1.90 bits per heavy atom. The van der Waals surface area contributed by atoms with Crippen molar-refractivity contribution in [3.8, 4) is 11.8 Å². The van der Waals surface area contributed by atoms with Crippen LogP contribution in [0, 0.1) is 11.3 Å². The smallest absolute Gasteiger partial charge is 0.141 e. The molecule has 1 unspecified atom stereocenters. The van der Waals surface area contributed by atoms with Gasteiger partial charge in [-0.3, -0.25) is 0 Å². The van der Waals surface area contributed by atoms with Gasteiger partial charge in [0.1, 0.15) is 11.8 Å². The molecule has 0 saturated carbocycles. The van der Waals surface area contributed by atoms with Crippen LogP contribution < -0.4 is 10.1 Å². The minimum atomic E-state index is -0.541. The third-order valence-corrected chi connectivity index (χ3v) is 3.55. The van der Waals surface area contributed by atoms with E-state index in [4.69, 9.17) is 27.9 Å². The molecule has 5 heteroatoms. The van der Waals surface area contributed by atoms with Gasteiger partial charge in [0.15, 0.2) is 0 Å². The lowest BCUT2D eigenvalue weighted by Gasteiger charge is -2.16. The topological polar surface area (TPSA) is 45.0 Å². The SMILES string of the molecule is COc1ccccc1NC(C#N)c1ccc(Cl)c(Cl)c1. The van der Waals surface area contributed by atoms with Crippen molar-refractivity contribution in [1.29, 1.82) is 5.26 Å². The van der Waals surface area contributed by atoms with E-state index in [0.717, 1.165) is 11.3 Å². The summed E-state index contributed by atoms with van der Waals surface area (Å²) in [7, 11) is 1.58. The second kappa shape index (κ2) is 6.51. The normalized spacial score (nSPS) is 11.5. The second-order valence-corrected chi connectivity index (χ2v) is 4.89. The van der Waals surface area contributed by atoms with Crippen molar-refractivity contribution >= 4 is 28.9 Å². The molecule has 2 aromatic rings. The number of para-hydroxylation sites is 2. The molecule has 0 aliphatic rings. The van der Waals surface area contributed by atoms with Crippen LogP contribution in [-0.4, -0.2) is 7.11 Å². The summed E-state index contributed by atoms with van der Waals surface area (Å²) in [6, 6.07) is 14.2. The third kappa shape index (κ3) is 3.16. The summed E-state index contributed by atoms with van der Waals surface area (Å²) in [5.74, 6) is 0.674. The van der Waals surface area contributed by atoms with E-state index >= 15 is 0 Å². The van der Waals surface area contributed by atoms with E-state index in [-0.39, 0.29) is 0 Å². The van der Waals surface area contributed by atoms with E-state index in [1.165, 1.54) is 0 Å². The van der Waals surface area contributed by atoms with Crippen LogP contribution in [0.2, 0.25) is 10.0 Å². The fourth-order valence-electron chi connectivity index (χ4n) is 1.80. The summed E-state index contributed by atoms with van der Waals surface area (Å²) < 4.78 is 5.25. The Kier molecular flexibility index (Phi) is 4.73. The number of anilines is 1. The average molecular weight is 307 g/mol. The van der Waals surface area contributed by atoms with Crippen LogP contribution in [0.3, 0.4) is 0 Å². The predicted octanol–water partition coefficient (Wildman–Crippen LogP) is 4.68. The van der Waals surface area contributed by atoms with Crippen molar-refractivity contribution in [2.24, 2.45) is 0 Å². The van der Waals surface area contributed by atoms with Crippen LogP contribution in [-0.2, 0) is 0 Å². The first-order valence-electron chi connectivity index (χ1n) is 5.90. The molecule has 0 aromatic heterocycles. The third-order valence-electron chi connectivity index (χ3n) is 2.81. The molecule has 1 atom stereocenters. The number of halogens is 2. The summed E-state index contributed by atoms with van der Waals surface area (Å²) in [6.07, 6.45) is 0. The van der Waals surface area contributed by atoms with Gasteiger partial charge in [-0.25, -0.2) is 0 Å². The molecular weight excluding hydrogens is 295 g/mol. The van der Waals surface area contributed by atoms with E-state index in [2.05, 4.69) is 11.4 Å². The monoisotopic (exact) mass is 306 g/mol. The van der Waals surface area contributed by atoms with Crippen LogP contribution in [0.4, 0.5) is 5.69 Å². The first-order chi connectivity index (χ1) is 9.65. The molecule has 3 nitrogen and oxygen atoms in total. The van der Waals surface area contributed by atoms with Gasteiger partial charge in [-0.05, 0) is 29.8 Å². The molecule has 0 aliphatic carbocycles. The first-order valence-corrected chi connectivity index (χ1v) is 6.65. The molecule has 102 valence electrons. The number of ether oxygens (including phenoxy) is 1. The molecular formula is C15H12Cl2N2O. The van der Waals surface area contributed by atoms with E-state index in [9.17, 15) is 5.26 Å².